The van der Waals surface area contributed by atoms with E-state index in [2.05, 4.69) is 10.2 Å². The summed E-state index contributed by atoms with van der Waals surface area (Å²) in [6.07, 6.45) is 2.37. The highest BCUT2D eigenvalue weighted by molar-refractivity contribution is 5.76. The van der Waals surface area contributed by atoms with Gasteiger partial charge >= 0.3 is 12.0 Å². The van der Waals surface area contributed by atoms with E-state index in [9.17, 15) is 9.59 Å². The minimum absolute atomic E-state index is 0.132. The van der Waals surface area contributed by atoms with Gasteiger partial charge in [0.15, 0.2) is 0 Å². The first-order valence-corrected chi connectivity index (χ1v) is 7.01. The fourth-order valence-corrected chi connectivity index (χ4v) is 2.80. The summed E-state index contributed by atoms with van der Waals surface area (Å²) < 4.78 is 0. The van der Waals surface area contributed by atoms with E-state index < -0.39 is 11.9 Å². The molecule has 6 nitrogen and oxygen atoms in total. The lowest BCUT2D eigenvalue weighted by atomic mass is 10.0. The Morgan fingerprint density at radius 1 is 1.26 bits per heavy atom. The van der Waals surface area contributed by atoms with Gasteiger partial charge in [-0.2, -0.15) is 0 Å². The molecule has 0 aromatic carbocycles. The summed E-state index contributed by atoms with van der Waals surface area (Å²) in [7, 11) is 0. The fourth-order valence-electron chi connectivity index (χ4n) is 2.80. The van der Waals surface area contributed by atoms with Gasteiger partial charge < -0.3 is 15.3 Å². The lowest BCUT2D eigenvalue weighted by molar-refractivity contribution is -0.141. The normalized spacial score (nSPS) is 26.6. The molecule has 2 N–H and O–H groups in total. The van der Waals surface area contributed by atoms with E-state index in [0.29, 0.717) is 6.04 Å². The van der Waals surface area contributed by atoms with Gasteiger partial charge in [0.1, 0.15) is 0 Å². The molecule has 0 saturated carbocycles. The van der Waals surface area contributed by atoms with Crippen molar-refractivity contribution in [1.82, 2.24) is 15.1 Å². The molecular weight excluding hydrogens is 246 g/mol. The Labute approximate surface area is 113 Å². The van der Waals surface area contributed by atoms with Crippen molar-refractivity contribution >= 4 is 12.0 Å². The molecule has 2 heterocycles. The number of urea groups is 1. The van der Waals surface area contributed by atoms with Crippen LogP contribution in [0.25, 0.3) is 0 Å². The van der Waals surface area contributed by atoms with Crippen molar-refractivity contribution in [2.75, 3.05) is 26.2 Å². The van der Waals surface area contributed by atoms with E-state index in [4.69, 9.17) is 5.11 Å². The Kier molecular flexibility index (Phi) is 4.29. The van der Waals surface area contributed by atoms with Crippen LogP contribution in [0.1, 0.15) is 26.7 Å². The number of rotatable bonds is 3. The van der Waals surface area contributed by atoms with Crippen LogP contribution in [0.2, 0.25) is 0 Å². The van der Waals surface area contributed by atoms with E-state index in [1.807, 2.05) is 4.90 Å². The number of hydrogen-bond acceptors (Lipinski definition) is 3. The first-order chi connectivity index (χ1) is 8.99. The Balaban J connectivity index is 1.85. The van der Waals surface area contributed by atoms with Crippen LogP contribution in [-0.4, -0.2) is 65.2 Å². The molecule has 2 saturated heterocycles. The van der Waals surface area contributed by atoms with Crippen LogP contribution in [0.4, 0.5) is 4.79 Å². The fraction of sp³-hybridized carbons (Fsp3) is 0.846. The number of fused-ring (bicyclic) bond motifs is 1. The maximum Gasteiger partial charge on any atom is 0.317 e. The Morgan fingerprint density at radius 2 is 2.00 bits per heavy atom. The minimum atomic E-state index is -0.881. The SMILES string of the molecule is CC(NC(=O)N1CCN2CCCC2C1)C(C)C(=O)O. The Morgan fingerprint density at radius 3 is 2.68 bits per heavy atom. The third-order valence-corrected chi connectivity index (χ3v) is 4.37. The average Bonchev–Trinajstić information content (AvgIpc) is 2.84. The molecule has 0 aliphatic carbocycles. The van der Waals surface area contributed by atoms with E-state index in [1.54, 1.807) is 13.8 Å². The molecule has 0 radical (unpaired) electrons. The molecule has 0 spiro atoms. The lowest BCUT2D eigenvalue weighted by Gasteiger charge is -2.38. The molecule has 0 aromatic heterocycles. The highest BCUT2D eigenvalue weighted by atomic mass is 16.4. The number of carbonyl (C=O) groups is 2. The van der Waals surface area contributed by atoms with Gasteiger partial charge in [0.05, 0.1) is 5.92 Å². The van der Waals surface area contributed by atoms with Gasteiger partial charge in [-0.15, -0.1) is 0 Å². The van der Waals surface area contributed by atoms with E-state index in [1.165, 1.54) is 6.42 Å². The maximum absolute atomic E-state index is 12.1. The number of nitrogens with zero attached hydrogens (tertiary/aromatic N) is 2. The van der Waals surface area contributed by atoms with E-state index >= 15 is 0 Å². The molecule has 0 bridgehead atoms. The van der Waals surface area contributed by atoms with Crippen LogP contribution in [0, 0.1) is 5.92 Å². The van der Waals surface area contributed by atoms with Gasteiger partial charge in [-0.25, -0.2) is 4.79 Å². The zero-order valence-corrected chi connectivity index (χ0v) is 11.6. The molecule has 2 aliphatic rings. The molecule has 2 amide bonds. The third kappa shape index (κ3) is 3.18. The van der Waals surface area contributed by atoms with Crippen LogP contribution in [0.15, 0.2) is 0 Å². The second kappa shape index (κ2) is 5.77. The smallest absolute Gasteiger partial charge is 0.317 e. The summed E-state index contributed by atoms with van der Waals surface area (Å²) in [6.45, 7) is 6.93. The Bertz CT molecular complexity index is 361. The number of carboxylic acids is 1. The molecule has 19 heavy (non-hydrogen) atoms. The Hall–Kier alpha value is -1.30. The summed E-state index contributed by atoms with van der Waals surface area (Å²) in [6, 6.07) is 0.00506. The summed E-state index contributed by atoms with van der Waals surface area (Å²) in [5.74, 6) is -1.45. The number of carboxylic acid groups (broad SMARTS) is 1. The van der Waals surface area contributed by atoms with Crippen molar-refractivity contribution < 1.29 is 14.7 Å². The lowest BCUT2D eigenvalue weighted by Crippen LogP contribution is -2.56. The van der Waals surface area contributed by atoms with Crippen molar-refractivity contribution in [2.45, 2.75) is 38.8 Å². The molecule has 108 valence electrons. The molecule has 2 aliphatic heterocycles. The molecule has 0 aromatic rings. The summed E-state index contributed by atoms with van der Waals surface area (Å²) >= 11 is 0. The van der Waals surface area contributed by atoms with E-state index in [0.717, 1.165) is 32.6 Å². The average molecular weight is 269 g/mol. The zero-order valence-electron chi connectivity index (χ0n) is 11.6. The van der Waals surface area contributed by atoms with Crippen LogP contribution >= 0.6 is 0 Å². The quantitative estimate of drug-likeness (QED) is 0.786. The van der Waals surface area contributed by atoms with Gasteiger partial charge in [0.2, 0.25) is 0 Å². The monoisotopic (exact) mass is 269 g/mol. The second-order valence-electron chi connectivity index (χ2n) is 5.64. The highest BCUT2D eigenvalue weighted by Crippen LogP contribution is 2.21. The highest BCUT2D eigenvalue weighted by Gasteiger charge is 2.33. The number of amides is 2. The van der Waals surface area contributed by atoms with Gasteiger partial charge in [-0.05, 0) is 33.2 Å². The topological polar surface area (TPSA) is 72.9 Å². The predicted octanol–water partition coefficient (Wildman–Crippen LogP) is 0.585. The first-order valence-electron chi connectivity index (χ1n) is 7.01. The molecule has 2 fully saturated rings. The summed E-state index contributed by atoms with van der Waals surface area (Å²) in [5, 5.41) is 11.7. The largest absolute Gasteiger partial charge is 0.481 e. The van der Waals surface area contributed by atoms with Crippen LogP contribution in [-0.2, 0) is 4.79 Å². The number of aliphatic carboxylic acids is 1. The summed E-state index contributed by atoms with van der Waals surface area (Å²) in [4.78, 5) is 27.3. The van der Waals surface area contributed by atoms with Crippen LogP contribution in [0.3, 0.4) is 0 Å². The number of hydrogen-bond donors (Lipinski definition) is 2. The van der Waals surface area contributed by atoms with Crippen LogP contribution < -0.4 is 5.32 Å². The molecular formula is C13H23N3O3. The van der Waals surface area contributed by atoms with Crippen molar-refractivity contribution in [3.63, 3.8) is 0 Å². The predicted molar refractivity (Wildman–Crippen MR) is 71.0 cm³/mol. The van der Waals surface area contributed by atoms with Crippen LogP contribution in [0.5, 0.6) is 0 Å². The van der Waals surface area contributed by atoms with Gasteiger partial charge in [0, 0.05) is 31.7 Å². The minimum Gasteiger partial charge on any atom is -0.481 e. The van der Waals surface area contributed by atoms with Gasteiger partial charge in [0.25, 0.3) is 0 Å². The second-order valence-corrected chi connectivity index (χ2v) is 5.64. The van der Waals surface area contributed by atoms with Crippen molar-refractivity contribution in [1.29, 1.82) is 0 Å². The van der Waals surface area contributed by atoms with Crippen molar-refractivity contribution in [2.24, 2.45) is 5.92 Å². The molecule has 3 unspecified atom stereocenters. The summed E-state index contributed by atoms with van der Waals surface area (Å²) in [5.41, 5.74) is 0. The standard InChI is InChI=1S/C13H23N3O3/c1-9(12(17)18)10(2)14-13(19)16-7-6-15-5-3-4-11(15)8-16/h9-11H,3-8H2,1-2H3,(H,14,19)(H,17,18). The van der Waals surface area contributed by atoms with Crippen molar-refractivity contribution in [3.8, 4) is 0 Å². The molecule has 2 rings (SSSR count). The molecule has 3 atom stereocenters. The van der Waals surface area contributed by atoms with Gasteiger partial charge in [-0.1, -0.05) is 0 Å². The number of piperazine rings is 1. The third-order valence-electron chi connectivity index (χ3n) is 4.37. The number of carbonyl (C=O) groups excluding carboxylic acids is 1. The first kappa shape index (κ1) is 14.1. The van der Waals surface area contributed by atoms with Crippen molar-refractivity contribution in [3.05, 3.63) is 0 Å². The zero-order chi connectivity index (χ0) is 14.0. The van der Waals surface area contributed by atoms with E-state index in [-0.39, 0.29) is 12.1 Å². The molecule has 6 heteroatoms. The maximum atomic E-state index is 12.1. The van der Waals surface area contributed by atoms with Gasteiger partial charge in [-0.3, -0.25) is 9.69 Å². The number of nitrogens with one attached hydrogen (secondary N) is 1.